The van der Waals surface area contributed by atoms with Gasteiger partial charge < -0.3 is 14.6 Å². The summed E-state index contributed by atoms with van der Waals surface area (Å²) >= 11 is 0. The third-order valence-electron chi connectivity index (χ3n) is 3.64. The lowest BCUT2D eigenvalue weighted by atomic mass is 10.2. The van der Waals surface area contributed by atoms with Gasteiger partial charge in [-0.05, 0) is 18.2 Å². The Balaban J connectivity index is 1.85. The van der Waals surface area contributed by atoms with Crippen LogP contribution in [-0.2, 0) is 11.3 Å². The molecule has 0 bridgehead atoms. The van der Waals surface area contributed by atoms with E-state index in [1.165, 1.54) is 0 Å². The molecule has 0 unspecified atom stereocenters. The average molecular weight is 308 g/mol. The van der Waals surface area contributed by atoms with Gasteiger partial charge in [0.15, 0.2) is 6.29 Å². The Morgan fingerprint density at radius 3 is 2.70 bits per heavy atom. The summed E-state index contributed by atoms with van der Waals surface area (Å²) in [5.41, 5.74) is 2.04. The number of nitrogens with one attached hydrogen (secondary N) is 1. The number of amides is 1. The zero-order valence-electron chi connectivity index (χ0n) is 12.7. The molecule has 0 radical (unpaired) electrons. The number of nitrogens with zero attached hydrogens (tertiary/aromatic N) is 1. The Hall–Kier alpha value is -3.08. The largest absolute Gasteiger partial charge is 0.495 e. The number of anilines is 1. The molecule has 0 saturated carbocycles. The SMILES string of the molecule is COc1ccccc1NC(=O)Cn1cc(C=O)c2ccccc21. The highest BCUT2D eigenvalue weighted by Crippen LogP contribution is 2.24. The number of aromatic nitrogens is 1. The lowest BCUT2D eigenvalue weighted by Crippen LogP contribution is -2.18. The van der Waals surface area contributed by atoms with Gasteiger partial charge >= 0.3 is 0 Å². The Morgan fingerprint density at radius 2 is 1.91 bits per heavy atom. The van der Waals surface area contributed by atoms with E-state index < -0.39 is 0 Å². The Kier molecular flexibility index (Phi) is 4.10. The molecule has 1 N–H and O–H groups in total. The van der Waals surface area contributed by atoms with Crippen molar-refractivity contribution in [3.63, 3.8) is 0 Å². The lowest BCUT2D eigenvalue weighted by Gasteiger charge is -2.10. The number of aldehydes is 1. The summed E-state index contributed by atoms with van der Waals surface area (Å²) in [6.45, 7) is 0.117. The smallest absolute Gasteiger partial charge is 0.244 e. The van der Waals surface area contributed by atoms with Gasteiger partial charge in [-0.2, -0.15) is 0 Å². The van der Waals surface area contributed by atoms with E-state index in [-0.39, 0.29) is 12.5 Å². The van der Waals surface area contributed by atoms with Crippen molar-refractivity contribution in [3.8, 4) is 5.75 Å². The first-order chi connectivity index (χ1) is 11.2. The van der Waals surface area contributed by atoms with Crippen LogP contribution in [0.1, 0.15) is 10.4 Å². The van der Waals surface area contributed by atoms with Crippen LogP contribution < -0.4 is 10.1 Å². The van der Waals surface area contributed by atoms with Crippen molar-refractivity contribution >= 4 is 28.8 Å². The molecule has 2 aromatic carbocycles. The van der Waals surface area contributed by atoms with E-state index >= 15 is 0 Å². The van der Waals surface area contributed by atoms with Gasteiger partial charge in [0.2, 0.25) is 5.91 Å². The van der Waals surface area contributed by atoms with Crippen molar-refractivity contribution in [3.05, 3.63) is 60.3 Å². The summed E-state index contributed by atoms with van der Waals surface area (Å²) in [6.07, 6.45) is 2.50. The van der Waals surface area contributed by atoms with Crippen molar-refractivity contribution in [2.75, 3.05) is 12.4 Å². The maximum absolute atomic E-state index is 12.3. The Bertz CT molecular complexity index is 868. The van der Waals surface area contributed by atoms with Crippen LogP contribution in [0.15, 0.2) is 54.7 Å². The minimum Gasteiger partial charge on any atom is -0.495 e. The second-order valence-corrected chi connectivity index (χ2v) is 5.10. The number of fused-ring (bicyclic) bond motifs is 1. The molecule has 0 aliphatic heterocycles. The minimum atomic E-state index is -0.187. The van der Waals surface area contributed by atoms with Gasteiger partial charge in [-0.15, -0.1) is 0 Å². The monoisotopic (exact) mass is 308 g/mol. The third-order valence-corrected chi connectivity index (χ3v) is 3.64. The second kappa shape index (κ2) is 6.36. The molecule has 1 aromatic heterocycles. The number of carbonyl (C=O) groups excluding carboxylic acids is 2. The van der Waals surface area contributed by atoms with Gasteiger partial charge in [-0.3, -0.25) is 9.59 Å². The van der Waals surface area contributed by atoms with Crippen LogP contribution in [0.3, 0.4) is 0 Å². The summed E-state index contributed by atoms with van der Waals surface area (Å²) in [6, 6.07) is 14.7. The molecule has 5 nitrogen and oxygen atoms in total. The molecule has 0 saturated heterocycles. The molecular weight excluding hydrogens is 292 g/mol. The molecule has 3 rings (SSSR count). The van der Waals surface area contributed by atoms with Gasteiger partial charge in [0, 0.05) is 22.7 Å². The van der Waals surface area contributed by atoms with Gasteiger partial charge in [0.25, 0.3) is 0 Å². The van der Waals surface area contributed by atoms with Crippen molar-refractivity contribution in [1.82, 2.24) is 4.57 Å². The van der Waals surface area contributed by atoms with Crippen LogP contribution in [0.5, 0.6) is 5.75 Å². The number of ether oxygens (including phenoxy) is 1. The molecule has 116 valence electrons. The van der Waals surface area contributed by atoms with E-state index in [0.717, 1.165) is 17.2 Å². The van der Waals surface area contributed by atoms with Crippen LogP contribution in [-0.4, -0.2) is 23.9 Å². The number of para-hydroxylation sites is 3. The molecule has 23 heavy (non-hydrogen) atoms. The van der Waals surface area contributed by atoms with Crippen LogP contribution in [0.2, 0.25) is 0 Å². The van der Waals surface area contributed by atoms with Crippen LogP contribution >= 0.6 is 0 Å². The molecule has 0 aliphatic carbocycles. The van der Waals surface area contributed by atoms with Crippen molar-refractivity contribution in [2.45, 2.75) is 6.54 Å². The van der Waals surface area contributed by atoms with Gasteiger partial charge in [-0.1, -0.05) is 30.3 Å². The number of methoxy groups -OCH3 is 1. The fourth-order valence-electron chi connectivity index (χ4n) is 2.59. The maximum Gasteiger partial charge on any atom is 0.244 e. The fraction of sp³-hybridized carbons (Fsp3) is 0.111. The fourth-order valence-corrected chi connectivity index (χ4v) is 2.59. The molecule has 0 spiro atoms. The zero-order valence-corrected chi connectivity index (χ0v) is 12.7. The first-order valence-corrected chi connectivity index (χ1v) is 7.19. The van der Waals surface area contributed by atoms with Crippen LogP contribution in [0.25, 0.3) is 10.9 Å². The van der Waals surface area contributed by atoms with E-state index in [4.69, 9.17) is 4.74 Å². The molecule has 5 heteroatoms. The van der Waals surface area contributed by atoms with Crippen LogP contribution in [0.4, 0.5) is 5.69 Å². The van der Waals surface area contributed by atoms with Crippen molar-refractivity contribution in [2.24, 2.45) is 0 Å². The summed E-state index contributed by atoms with van der Waals surface area (Å²) in [7, 11) is 1.56. The maximum atomic E-state index is 12.3. The first kappa shape index (κ1) is 14.8. The first-order valence-electron chi connectivity index (χ1n) is 7.19. The standard InChI is InChI=1S/C18H16N2O3/c1-23-17-9-5-3-7-15(17)19-18(22)11-20-10-13(12-21)14-6-2-4-8-16(14)20/h2-10,12H,11H2,1H3,(H,19,22). The minimum absolute atomic E-state index is 0.117. The average Bonchev–Trinajstić information content (AvgIpc) is 2.93. The summed E-state index contributed by atoms with van der Waals surface area (Å²) in [5, 5.41) is 3.67. The number of benzene rings is 2. The predicted molar refractivity (Wildman–Crippen MR) is 88.9 cm³/mol. The van der Waals surface area contributed by atoms with Crippen molar-refractivity contribution < 1.29 is 14.3 Å². The Morgan fingerprint density at radius 1 is 1.17 bits per heavy atom. The molecule has 0 atom stereocenters. The van der Waals surface area contributed by atoms with E-state index in [1.54, 1.807) is 30.0 Å². The molecule has 3 aromatic rings. The second-order valence-electron chi connectivity index (χ2n) is 5.10. The summed E-state index contributed by atoms with van der Waals surface area (Å²) < 4.78 is 6.99. The Labute approximate surface area is 133 Å². The number of rotatable bonds is 5. The highest BCUT2D eigenvalue weighted by Gasteiger charge is 2.12. The zero-order chi connectivity index (χ0) is 16.2. The van der Waals surface area contributed by atoms with Crippen molar-refractivity contribution in [1.29, 1.82) is 0 Å². The van der Waals surface area contributed by atoms with Gasteiger partial charge in [0.05, 0.1) is 12.8 Å². The van der Waals surface area contributed by atoms with Gasteiger partial charge in [0.1, 0.15) is 12.3 Å². The summed E-state index contributed by atoms with van der Waals surface area (Å²) in [5.74, 6) is 0.416. The number of hydrogen-bond acceptors (Lipinski definition) is 3. The van der Waals surface area contributed by atoms with Gasteiger partial charge in [-0.25, -0.2) is 0 Å². The normalized spacial score (nSPS) is 10.5. The molecule has 1 amide bonds. The van der Waals surface area contributed by atoms with E-state index in [9.17, 15) is 9.59 Å². The third kappa shape index (κ3) is 2.94. The predicted octanol–water partition coefficient (Wildman–Crippen LogP) is 3.10. The highest BCUT2D eigenvalue weighted by atomic mass is 16.5. The molecular formula is C18H16N2O3. The van der Waals surface area contributed by atoms with E-state index in [1.807, 2.05) is 36.4 Å². The lowest BCUT2D eigenvalue weighted by molar-refractivity contribution is -0.116. The quantitative estimate of drug-likeness (QED) is 0.737. The molecule has 0 aliphatic rings. The number of hydrogen-bond donors (Lipinski definition) is 1. The molecule has 0 fully saturated rings. The highest BCUT2D eigenvalue weighted by molar-refractivity contribution is 5.99. The summed E-state index contributed by atoms with van der Waals surface area (Å²) in [4.78, 5) is 23.5. The topological polar surface area (TPSA) is 60.3 Å². The number of carbonyl (C=O) groups is 2. The van der Waals surface area contributed by atoms with E-state index in [0.29, 0.717) is 17.0 Å². The van der Waals surface area contributed by atoms with E-state index in [2.05, 4.69) is 5.32 Å². The van der Waals surface area contributed by atoms with Crippen LogP contribution in [0, 0.1) is 0 Å². The molecule has 1 heterocycles.